The van der Waals surface area contributed by atoms with E-state index in [9.17, 15) is 26.3 Å². The number of pyridine rings is 1. The molecule has 5 rings (SSSR count). The highest BCUT2D eigenvalue weighted by atomic mass is 32.2. The quantitative estimate of drug-likeness (QED) is 0.307. The first kappa shape index (κ1) is 23.5. The third-order valence-electron chi connectivity index (χ3n) is 5.79. The highest BCUT2D eigenvalue weighted by Gasteiger charge is 2.35. The minimum atomic E-state index is -4.56. The molecule has 1 N–H and O–H groups in total. The van der Waals surface area contributed by atoms with E-state index in [0.717, 1.165) is 29.7 Å². The lowest BCUT2D eigenvalue weighted by Gasteiger charge is -2.29. The zero-order chi connectivity index (χ0) is 24.8. The fourth-order valence-electron chi connectivity index (χ4n) is 4.10. The summed E-state index contributed by atoms with van der Waals surface area (Å²) in [6.07, 6.45) is -7.78. The van der Waals surface area contributed by atoms with Crippen molar-refractivity contribution >= 4 is 28.5 Å². The lowest BCUT2D eigenvalue weighted by Crippen LogP contribution is -2.32. The van der Waals surface area contributed by atoms with Crippen LogP contribution in [0.1, 0.15) is 11.1 Å². The Kier molecular flexibility index (Phi) is 5.90. The van der Waals surface area contributed by atoms with E-state index in [1.165, 1.54) is 24.4 Å². The molecule has 0 aliphatic carbocycles. The normalized spacial score (nSPS) is 15.1. The summed E-state index contributed by atoms with van der Waals surface area (Å²) in [5, 5.41) is 0. The van der Waals surface area contributed by atoms with Crippen molar-refractivity contribution in [3.63, 3.8) is 0 Å². The molecule has 182 valence electrons. The molecule has 1 aliphatic rings. The van der Waals surface area contributed by atoms with Crippen LogP contribution in [0.15, 0.2) is 54.7 Å². The molecular formula is C24H18F6N4S. The van der Waals surface area contributed by atoms with Gasteiger partial charge >= 0.3 is 12.4 Å². The van der Waals surface area contributed by atoms with Crippen molar-refractivity contribution in [3.8, 4) is 22.6 Å². The second kappa shape index (κ2) is 8.78. The SMILES string of the molecule is FC(F)(F)c1cc(N2CCSCC2)c2nc(-c3ccc(-c4ncccc4C(F)(F)F)cc3)[nH]c2c1. The van der Waals surface area contributed by atoms with Gasteiger partial charge in [0, 0.05) is 41.9 Å². The van der Waals surface area contributed by atoms with E-state index in [1.807, 2.05) is 4.90 Å². The number of nitrogens with zero attached hydrogens (tertiary/aromatic N) is 3. The van der Waals surface area contributed by atoms with Crippen molar-refractivity contribution < 1.29 is 26.3 Å². The number of imidazole rings is 1. The first-order valence-corrected chi connectivity index (χ1v) is 11.8. The lowest BCUT2D eigenvalue weighted by molar-refractivity contribution is -0.138. The van der Waals surface area contributed by atoms with Gasteiger partial charge in [0.05, 0.1) is 28.0 Å². The fourth-order valence-corrected chi connectivity index (χ4v) is 5.00. The van der Waals surface area contributed by atoms with Crippen LogP contribution in [0.25, 0.3) is 33.7 Å². The zero-order valence-electron chi connectivity index (χ0n) is 18.0. The molecule has 2 aromatic heterocycles. The van der Waals surface area contributed by atoms with Crippen LogP contribution in [0.4, 0.5) is 32.0 Å². The summed E-state index contributed by atoms with van der Waals surface area (Å²) < 4.78 is 80.8. The summed E-state index contributed by atoms with van der Waals surface area (Å²) in [4.78, 5) is 13.3. The standard InChI is InChI=1S/C24H18F6N4S/c25-23(26,27)16-12-18-21(19(13-16)34-8-10-35-11-9-34)33-22(32-18)15-5-3-14(4-6-15)20-17(24(28,29)30)2-1-7-31-20/h1-7,12-13H,8-11H2,(H,32,33). The molecule has 11 heteroatoms. The highest BCUT2D eigenvalue weighted by molar-refractivity contribution is 7.99. The van der Waals surface area contributed by atoms with Crippen LogP contribution in [-0.4, -0.2) is 39.5 Å². The van der Waals surface area contributed by atoms with Crippen LogP contribution >= 0.6 is 11.8 Å². The van der Waals surface area contributed by atoms with Crippen molar-refractivity contribution in [2.75, 3.05) is 29.5 Å². The molecule has 0 saturated carbocycles. The van der Waals surface area contributed by atoms with Crippen LogP contribution < -0.4 is 4.90 Å². The summed E-state index contributed by atoms with van der Waals surface area (Å²) in [7, 11) is 0. The van der Waals surface area contributed by atoms with E-state index in [2.05, 4.69) is 15.0 Å². The van der Waals surface area contributed by atoms with Gasteiger partial charge in [-0.1, -0.05) is 24.3 Å². The second-order valence-corrected chi connectivity index (χ2v) is 9.27. The van der Waals surface area contributed by atoms with E-state index in [0.29, 0.717) is 35.7 Å². The van der Waals surface area contributed by atoms with Gasteiger partial charge in [0.2, 0.25) is 0 Å². The molecule has 0 bridgehead atoms. The first-order chi connectivity index (χ1) is 16.6. The Bertz CT molecular complexity index is 1360. The van der Waals surface area contributed by atoms with Gasteiger partial charge in [-0.15, -0.1) is 0 Å². The monoisotopic (exact) mass is 508 g/mol. The van der Waals surface area contributed by atoms with Crippen molar-refractivity contribution in [1.29, 1.82) is 0 Å². The predicted molar refractivity (Wildman–Crippen MR) is 124 cm³/mol. The molecule has 35 heavy (non-hydrogen) atoms. The van der Waals surface area contributed by atoms with Gasteiger partial charge in [-0.3, -0.25) is 4.98 Å². The number of rotatable bonds is 3. The number of anilines is 1. The summed E-state index contributed by atoms with van der Waals surface area (Å²) in [5.41, 5.74) is 0.0731. The third kappa shape index (κ3) is 4.69. The number of H-pyrrole nitrogens is 1. The maximum atomic E-state index is 13.6. The van der Waals surface area contributed by atoms with Gasteiger partial charge in [0.25, 0.3) is 0 Å². The molecule has 1 saturated heterocycles. The van der Waals surface area contributed by atoms with Crippen molar-refractivity contribution in [2.24, 2.45) is 0 Å². The summed E-state index contributed by atoms with van der Waals surface area (Å²) >= 11 is 1.74. The maximum Gasteiger partial charge on any atom is 0.418 e. The number of benzene rings is 2. The highest BCUT2D eigenvalue weighted by Crippen LogP contribution is 2.39. The Balaban J connectivity index is 1.56. The number of fused-ring (bicyclic) bond motifs is 1. The first-order valence-electron chi connectivity index (χ1n) is 10.7. The van der Waals surface area contributed by atoms with Gasteiger partial charge in [-0.2, -0.15) is 38.1 Å². The fraction of sp³-hybridized carbons (Fsp3) is 0.250. The minimum Gasteiger partial charge on any atom is -0.368 e. The molecule has 3 heterocycles. The average Bonchev–Trinajstić information content (AvgIpc) is 3.27. The maximum absolute atomic E-state index is 13.6. The molecule has 0 amide bonds. The third-order valence-corrected chi connectivity index (χ3v) is 6.73. The summed E-state index contributed by atoms with van der Waals surface area (Å²) in [5.74, 6) is 1.95. The second-order valence-electron chi connectivity index (χ2n) is 8.05. The topological polar surface area (TPSA) is 44.8 Å². The number of alkyl halides is 6. The molecule has 4 nitrogen and oxygen atoms in total. The van der Waals surface area contributed by atoms with E-state index in [-0.39, 0.29) is 16.8 Å². The number of aromatic nitrogens is 3. The predicted octanol–water partition coefficient (Wildman–Crippen LogP) is 6.88. The van der Waals surface area contributed by atoms with Gasteiger partial charge < -0.3 is 9.88 Å². The van der Waals surface area contributed by atoms with Gasteiger partial charge in [0.1, 0.15) is 11.3 Å². The summed E-state index contributed by atoms with van der Waals surface area (Å²) in [6, 6.07) is 10.5. The number of hydrogen-bond donors (Lipinski definition) is 1. The largest absolute Gasteiger partial charge is 0.418 e. The molecule has 0 atom stereocenters. The molecule has 2 aromatic carbocycles. The molecular weight excluding hydrogens is 490 g/mol. The Hall–Kier alpha value is -3.21. The van der Waals surface area contributed by atoms with Gasteiger partial charge in [0.15, 0.2) is 0 Å². The van der Waals surface area contributed by atoms with Gasteiger partial charge in [-0.05, 0) is 24.3 Å². The lowest BCUT2D eigenvalue weighted by atomic mass is 10.0. The zero-order valence-corrected chi connectivity index (χ0v) is 18.9. The molecule has 0 spiro atoms. The number of nitrogens with one attached hydrogen (secondary N) is 1. The molecule has 0 radical (unpaired) electrons. The Morgan fingerprint density at radius 3 is 2.20 bits per heavy atom. The molecule has 4 aromatic rings. The number of hydrogen-bond acceptors (Lipinski definition) is 4. The van der Waals surface area contributed by atoms with Crippen molar-refractivity contribution in [2.45, 2.75) is 12.4 Å². The molecule has 0 unspecified atom stereocenters. The minimum absolute atomic E-state index is 0.198. The Morgan fingerprint density at radius 2 is 1.54 bits per heavy atom. The number of halogens is 6. The number of aromatic amines is 1. The average molecular weight is 508 g/mol. The molecule has 1 aliphatic heterocycles. The van der Waals surface area contributed by atoms with Crippen molar-refractivity contribution in [3.05, 3.63) is 65.9 Å². The van der Waals surface area contributed by atoms with E-state index in [4.69, 9.17) is 0 Å². The van der Waals surface area contributed by atoms with Gasteiger partial charge in [-0.25, -0.2) is 4.98 Å². The van der Waals surface area contributed by atoms with E-state index in [1.54, 1.807) is 23.9 Å². The van der Waals surface area contributed by atoms with Crippen LogP contribution in [0.3, 0.4) is 0 Å². The van der Waals surface area contributed by atoms with Crippen molar-refractivity contribution in [1.82, 2.24) is 15.0 Å². The van der Waals surface area contributed by atoms with E-state index < -0.39 is 23.5 Å². The number of thioether (sulfide) groups is 1. The van der Waals surface area contributed by atoms with Crippen LogP contribution in [-0.2, 0) is 12.4 Å². The molecule has 1 fully saturated rings. The van der Waals surface area contributed by atoms with Crippen LogP contribution in [0.5, 0.6) is 0 Å². The van der Waals surface area contributed by atoms with E-state index >= 15 is 0 Å². The smallest absolute Gasteiger partial charge is 0.368 e. The summed E-state index contributed by atoms with van der Waals surface area (Å²) in [6.45, 7) is 1.23. The Labute approximate surface area is 200 Å². The van der Waals surface area contributed by atoms with Crippen LogP contribution in [0.2, 0.25) is 0 Å². The van der Waals surface area contributed by atoms with Crippen LogP contribution in [0, 0.1) is 0 Å². The Morgan fingerprint density at radius 1 is 0.857 bits per heavy atom.